The van der Waals surface area contributed by atoms with Crippen molar-refractivity contribution in [3.8, 4) is 5.75 Å². The Morgan fingerprint density at radius 2 is 1.68 bits per heavy atom. The molecule has 2 amide bonds. The van der Waals surface area contributed by atoms with Crippen LogP contribution in [0.3, 0.4) is 0 Å². The van der Waals surface area contributed by atoms with E-state index in [9.17, 15) is 18.4 Å². The van der Waals surface area contributed by atoms with E-state index in [0.717, 1.165) is 67.5 Å². The summed E-state index contributed by atoms with van der Waals surface area (Å²) in [5.41, 5.74) is 1.99. The van der Waals surface area contributed by atoms with Crippen molar-refractivity contribution in [3.63, 3.8) is 0 Å². The molecule has 0 radical (unpaired) electrons. The van der Waals surface area contributed by atoms with Gasteiger partial charge in [0.2, 0.25) is 0 Å². The molecule has 0 aromatic heterocycles. The molecule has 2 aliphatic rings. The van der Waals surface area contributed by atoms with Crippen LogP contribution in [0.15, 0.2) is 46.9 Å². The number of hydrogen-bond acceptors (Lipinski definition) is 4. The molecule has 0 spiro atoms. The van der Waals surface area contributed by atoms with Gasteiger partial charge in [-0.05, 0) is 67.5 Å². The number of piperidine rings is 2. The third-order valence-electron chi connectivity index (χ3n) is 7.31. The molecule has 2 fully saturated rings. The number of hydrogen-bond donors (Lipinski definition) is 1. The fourth-order valence-electron chi connectivity index (χ4n) is 5.21. The van der Waals surface area contributed by atoms with Crippen LogP contribution in [0.4, 0.5) is 8.78 Å². The smallest absolute Gasteiger partial charge is 0.387 e. The SMILES string of the molecule is CC(C)c1cc(Br)cc(C(=O)N2CCC(N3CCC(NC(=O)c4ccccc4OC(F)F)CC3)CC2)c1. The number of para-hydroxylation sites is 1. The average molecular weight is 578 g/mol. The molecular weight excluding hydrogens is 544 g/mol. The summed E-state index contributed by atoms with van der Waals surface area (Å²) in [5.74, 6) is -0.0749. The van der Waals surface area contributed by atoms with Crippen molar-refractivity contribution in [1.82, 2.24) is 15.1 Å². The number of benzene rings is 2. The summed E-state index contributed by atoms with van der Waals surface area (Å²) in [5, 5.41) is 2.98. The van der Waals surface area contributed by atoms with Crippen molar-refractivity contribution in [1.29, 1.82) is 0 Å². The molecular formula is C28H34BrF2N3O3. The maximum atomic E-state index is 13.2. The number of likely N-dealkylation sites (tertiary alicyclic amines) is 2. The van der Waals surface area contributed by atoms with E-state index in [1.807, 2.05) is 17.0 Å². The summed E-state index contributed by atoms with van der Waals surface area (Å²) >= 11 is 3.54. The van der Waals surface area contributed by atoms with Crippen molar-refractivity contribution in [2.75, 3.05) is 26.2 Å². The first kappa shape index (κ1) is 27.5. The Balaban J connectivity index is 1.26. The van der Waals surface area contributed by atoms with Crippen molar-refractivity contribution < 1.29 is 23.1 Å². The minimum absolute atomic E-state index is 0.0169. The largest absolute Gasteiger partial charge is 0.434 e. The van der Waals surface area contributed by atoms with E-state index in [1.54, 1.807) is 12.1 Å². The number of alkyl halides is 2. The molecule has 9 heteroatoms. The zero-order valence-electron chi connectivity index (χ0n) is 21.3. The Labute approximate surface area is 225 Å². The van der Waals surface area contributed by atoms with Crippen molar-refractivity contribution >= 4 is 27.7 Å². The highest BCUT2D eigenvalue weighted by Crippen LogP contribution is 2.26. The topological polar surface area (TPSA) is 61.9 Å². The van der Waals surface area contributed by atoms with Crippen LogP contribution in [0.2, 0.25) is 0 Å². The van der Waals surface area contributed by atoms with Crippen molar-refractivity contribution in [2.24, 2.45) is 0 Å². The Kier molecular flexibility index (Phi) is 9.18. The van der Waals surface area contributed by atoms with Gasteiger partial charge in [-0.3, -0.25) is 9.59 Å². The van der Waals surface area contributed by atoms with Crippen LogP contribution in [-0.2, 0) is 0 Å². The summed E-state index contributed by atoms with van der Waals surface area (Å²) in [6.07, 6.45) is 3.43. The highest BCUT2D eigenvalue weighted by molar-refractivity contribution is 9.10. The van der Waals surface area contributed by atoms with Gasteiger partial charge in [-0.25, -0.2) is 0 Å². The molecule has 200 valence electrons. The molecule has 6 nitrogen and oxygen atoms in total. The van der Waals surface area contributed by atoms with E-state index >= 15 is 0 Å². The first-order valence-electron chi connectivity index (χ1n) is 12.9. The molecule has 37 heavy (non-hydrogen) atoms. The van der Waals surface area contributed by atoms with Gasteiger partial charge in [-0.2, -0.15) is 8.78 Å². The van der Waals surface area contributed by atoms with Gasteiger partial charge in [0.1, 0.15) is 5.75 Å². The van der Waals surface area contributed by atoms with Crippen LogP contribution in [0.1, 0.15) is 71.7 Å². The van der Waals surface area contributed by atoms with E-state index < -0.39 is 12.5 Å². The maximum Gasteiger partial charge on any atom is 0.387 e. The summed E-state index contributed by atoms with van der Waals surface area (Å²) in [7, 11) is 0. The molecule has 2 aromatic carbocycles. The standard InChI is InChI=1S/C28H34BrF2N3O3/c1-18(2)19-15-20(17-21(29)16-19)27(36)34-13-9-23(10-14-34)33-11-7-22(8-12-33)32-26(35)24-5-3-4-6-25(24)37-28(30)31/h3-6,15-18,22-23,28H,7-14H2,1-2H3,(H,32,35). The van der Waals surface area contributed by atoms with E-state index in [4.69, 9.17) is 0 Å². The van der Waals surface area contributed by atoms with Gasteiger partial charge in [-0.15, -0.1) is 0 Å². The second-order valence-electron chi connectivity index (χ2n) is 10.1. The van der Waals surface area contributed by atoms with Crippen LogP contribution >= 0.6 is 15.9 Å². The zero-order chi connectivity index (χ0) is 26.5. The summed E-state index contributed by atoms with van der Waals surface area (Å²) in [4.78, 5) is 30.3. The van der Waals surface area contributed by atoms with Gasteiger partial charge in [-0.1, -0.05) is 41.9 Å². The summed E-state index contributed by atoms with van der Waals surface area (Å²) in [6, 6.07) is 12.4. The predicted molar refractivity (Wildman–Crippen MR) is 142 cm³/mol. The number of halogens is 3. The van der Waals surface area contributed by atoms with Gasteiger partial charge in [0.25, 0.3) is 11.8 Å². The highest BCUT2D eigenvalue weighted by Gasteiger charge is 2.31. The molecule has 4 rings (SSSR count). The lowest BCUT2D eigenvalue weighted by molar-refractivity contribution is -0.0501. The zero-order valence-corrected chi connectivity index (χ0v) is 22.8. The fraction of sp³-hybridized carbons (Fsp3) is 0.500. The average Bonchev–Trinajstić information content (AvgIpc) is 2.88. The monoisotopic (exact) mass is 577 g/mol. The van der Waals surface area contributed by atoms with E-state index in [-0.39, 0.29) is 23.3 Å². The number of nitrogens with zero attached hydrogens (tertiary/aromatic N) is 2. The molecule has 0 aliphatic carbocycles. The number of amides is 2. The third-order valence-corrected chi connectivity index (χ3v) is 7.77. The quantitative estimate of drug-likeness (QED) is 0.460. The Morgan fingerprint density at radius 3 is 2.32 bits per heavy atom. The van der Waals surface area contributed by atoms with E-state index in [1.165, 1.54) is 12.1 Å². The molecule has 0 saturated carbocycles. The predicted octanol–water partition coefficient (Wildman–Crippen LogP) is 5.67. The molecule has 0 atom stereocenters. The van der Waals surface area contributed by atoms with Gasteiger partial charge in [0, 0.05) is 48.3 Å². The Morgan fingerprint density at radius 1 is 1.00 bits per heavy atom. The highest BCUT2D eigenvalue weighted by atomic mass is 79.9. The molecule has 0 unspecified atom stereocenters. The number of carbonyl (C=O) groups is 2. The number of rotatable bonds is 7. The van der Waals surface area contributed by atoms with Gasteiger partial charge >= 0.3 is 6.61 Å². The molecule has 2 saturated heterocycles. The Bertz CT molecular complexity index is 1100. The number of nitrogens with one attached hydrogen (secondary N) is 1. The summed E-state index contributed by atoms with van der Waals surface area (Å²) in [6.45, 7) is 4.42. The fourth-order valence-corrected chi connectivity index (χ4v) is 5.72. The van der Waals surface area contributed by atoms with Crippen molar-refractivity contribution in [2.45, 2.75) is 64.1 Å². The first-order valence-corrected chi connectivity index (χ1v) is 13.7. The van der Waals surface area contributed by atoms with Crippen LogP contribution in [0.5, 0.6) is 5.75 Å². The molecule has 0 bridgehead atoms. The van der Waals surface area contributed by atoms with Gasteiger partial charge < -0.3 is 19.9 Å². The second-order valence-corrected chi connectivity index (χ2v) is 11.0. The van der Waals surface area contributed by atoms with E-state index in [2.05, 4.69) is 50.8 Å². The molecule has 2 aliphatic heterocycles. The minimum Gasteiger partial charge on any atom is -0.434 e. The minimum atomic E-state index is -2.98. The van der Waals surface area contributed by atoms with Crippen LogP contribution < -0.4 is 10.1 Å². The van der Waals surface area contributed by atoms with Crippen molar-refractivity contribution in [3.05, 3.63) is 63.6 Å². The number of ether oxygens (including phenoxy) is 1. The lowest BCUT2D eigenvalue weighted by Crippen LogP contribution is -2.51. The molecule has 2 heterocycles. The van der Waals surface area contributed by atoms with Gasteiger partial charge in [0.05, 0.1) is 5.56 Å². The molecule has 2 aromatic rings. The van der Waals surface area contributed by atoms with E-state index in [0.29, 0.717) is 12.0 Å². The third kappa shape index (κ3) is 7.08. The normalized spacial score (nSPS) is 17.9. The maximum absolute atomic E-state index is 13.2. The van der Waals surface area contributed by atoms with Crippen LogP contribution in [0.25, 0.3) is 0 Å². The van der Waals surface area contributed by atoms with Crippen LogP contribution in [-0.4, -0.2) is 66.5 Å². The first-order chi connectivity index (χ1) is 17.7. The Hall–Kier alpha value is -2.52. The van der Waals surface area contributed by atoms with Gasteiger partial charge in [0.15, 0.2) is 0 Å². The lowest BCUT2D eigenvalue weighted by Gasteiger charge is -2.42. The molecule has 1 N–H and O–H groups in total. The summed E-state index contributed by atoms with van der Waals surface area (Å²) < 4.78 is 30.8. The number of carbonyl (C=O) groups excluding carboxylic acids is 2. The van der Waals surface area contributed by atoms with Crippen LogP contribution in [0, 0.1) is 0 Å². The lowest BCUT2D eigenvalue weighted by atomic mass is 9.96. The second kappa shape index (κ2) is 12.3.